The van der Waals surface area contributed by atoms with Gasteiger partial charge in [0.1, 0.15) is 36.0 Å². The zero-order chi connectivity index (χ0) is 32.6. The zero-order valence-electron chi connectivity index (χ0n) is 28.3. The average molecular weight is 619 g/mol. The summed E-state index contributed by atoms with van der Waals surface area (Å²) in [7, 11) is 0. The monoisotopic (exact) mass is 618 g/mol. The van der Waals surface area contributed by atoms with Gasteiger partial charge in [0.2, 0.25) is 0 Å². The molecule has 250 valence electrons. The van der Waals surface area contributed by atoms with E-state index in [1.807, 2.05) is 20.8 Å². The van der Waals surface area contributed by atoms with Crippen LogP contribution in [0.3, 0.4) is 0 Å². The minimum atomic E-state index is -1.53. The number of aliphatic hydroxyl groups is 4. The summed E-state index contributed by atoms with van der Waals surface area (Å²) < 4.78 is 12.5. The molecule has 5 aliphatic rings. The van der Waals surface area contributed by atoms with E-state index in [-0.39, 0.29) is 51.1 Å². The summed E-state index contributed by atoms with van der Waals surface area (Å²) in [5.41, 5.74) is -0.484. The quantitative estimate of drug-likeness (QED) is 0.301. The molecule has 13 atom stereocenters. The summed E-state index contributed by atoms with van der Waals surface area (Å²) in [5, 5.41) is 41.6. The lowest BCUT2D eigenvalue weighted by molar-refractivity contribution is -0.333. The lowest BCUT2D eigenvalue weighted by Gasteiger charge is -2.68. The van der Waals surface area contributed by atoms with Crippen LogP contribution in [0.25, 0.3) is 0 Å². The molecule has 0 amide bonds. The van der Waals surface area contributed by atoms with Crippen molar-refractivity contribution in [2.45, 2.75) is 149 Å². The van der Waals surface area contributed by atoms with Crippen LogP contribution in [-0.2, 0) is 19.1 Å². The molecular formula is C36H58O8. The number of carbonyl (C=O) groups excluding carboxylic acids is 2. The lowest BCUT2D eigenvalue weighted by atomic mass is 9.35. The smallest absolute Gasteiger partial charge is 0.187 e. The van der Waals surface area contributed by atoms with Gasteiger partial charge in [-0.2, -0.15) is 0 Å². The number of rotatable bonds is 7. The Kier molecular flexibility index (Phi) is 8.95. The van der Waals surface area contributed by atoms with Crippen LogP contribution >= 0.6 is 0 Å². The third-order valence-corrected chi connectivity index (χ3v) is 14.1. The molecule has 0 aromatic carbocycles. The van der Waals surface area contributed by atoms with Crippen molar-refractivity contribution < 1.29 is 39.5 Å². The first kappa shape index (κ1) is 34.2. The predicted octanol–water partition coefficient (Wildman–Crippen LogP) is 4.74. The average Bonchev–Trinajstić information content (AvgIpc) is 3.33. The van der Waals surface area contributed by atoms with Crippen molar-refractivity contribution in [1.82, 2.24) is 0 Å². The van der Waals surface area contributed by atoms with E-state index >= 15 is 0 Å². The molecule has 0 aromatic rings. The second-order valence-electron chi connectivity index (χ2n) is 16.9. The van der Waals surface area contributed by atoms with Gasteiger partial charge < -0.3 is 29.9 Å². The van der Waals surface area contributed by atoms with Crippen LogP contribution in [0.15, 0.2) is 11.6 Å². The summed E-state index contributed by atoms with van der Waals surface area (Å²) >= 11 is 0. The van der Waals surface area contributed by atoms with Crippen molar-refractivity contribution in [3.63, 3.8) is 0 Å². The van der Waals surface area contributed by atoms with E-state index in [1.165, 1.54) is 5.57 Å². The number of carbonyl (C=O) groups is 2. The van der Waals surface area contributed by atoms with Crippen LogP contribution in [0.4, 0.5) is 0 Å². The van der Waals surface area contributed by atoms with Gasteiger partial charge in [-0.15, -0.1) is 0 Å². The van der Waals surface area contributed by atoms with Gasteiger partial charge >= 0.3 is 0 Å². The van der Waals surface area contributed by atoms with Crippen LogP contribution in [0.2, 0.25) is 0 Å². The Morgan fingerprint density at radius 3 is 2.25 bits per heavy atom. The van der Waals surface area contributed by atoms with Crippen molar-refractivity contribution >= 4 is 11.6 Å². The van der Waals surface area contributed by atoms with E-state index < -0.39 is 42.9 Å². The van der Waals surface area contributed by atoms with E-state index in [9.17, 15) is 30.0 Å². The number of aliphatic hydroxyl groups excluding tert-OH is 4. The normalized spacial score (nSPS) is 48.1. The predicted molar refractivity (Wildman–Crippen MR) is 166 cm³/mol. The Bertz CT molecular complexity index is 1160. The molecule has 1 aliphatic heterocycles. The molecular weight excluding hydrogens is 560 g/mol. The van der Waals surface area contributed by atoms with Crippen molar-refractivity contribution in [2.24, 2.45) is 45.3 Å². The molecule has 8 heteroatoms. The van der Waals surface area contributed by atoms with Gasteiger partial charge in [0.25, 0.3) is 0 Å². The molecule has 1 saturated heterocycles. The van der Waals surface area contributed by atoms with E-state index in [2.05, 4.69) is 40.7 Å². The molecule has 0 radical (unpaired) electrons. The first-order valence-corrected chi connectivity index (χ1v) is 17.0. The molecule has 1 heterocycles. The molecule has 7 unspecified atom stereocenters. The van der Waals surface area contributed by atoms with Crippen LogP contribution in [-0.4, -0.2) is 74.9 Å². The van der Waals surface area contributed by atoms with Gasteiger partial charge in [0.05, 0.1) is 12.2 Å². The minimum Gasteiger partial charge on any atom is -0.394 e. The molecule has 44 heavy (non-hydrogen) atoms. The molecule has 4 N–H and O–H groups in total. The fraction of sp³-hybridized carbons (Fsp3) is 0.889. The number of ether oxygens (including phenoxy) is 2. The van der Waals surface area contributed by atoms with Crippen LogP contribution in [0.1, 0.15) is 113 Å². The van der Waals surface area contributed by atoms with Gasteiger partial charge in [-0.3, -0.25) is 9.59 Å². The number of fused-ring (bicyclic) bond motifs is 5. The fourth-order valence-electron chi connectivity index (χ4n) is 11.3. The Morgan fingerprint density at radius 2 is 1.61 bits per heavy atom. The van der Waals surface area contributed by atoms with Gasteiger partial charge in [0, 0.05) is 24.2 Å². The molecule has 5 fully saturated rings. The molecule has 8 nitrogen and oxygen atoms in total. The molecule has 0 spiro atoms. The Balaban J connectivity index is 1.49. The maximum absolute atomic E-state index is 14.6. The summed E-state index contributed by atoms with van der Waals surface area (Å²) in [6, 6.07) is 0. The van der Waals surface area contributed by atoms with Crippen LogP contribution in [0.5, 0.6) is 0 Å². The molecule has 4 aliphatic carbocycles. The number of Topliss-reactive ketones (excluding diaryl/α,β-unsaturated/α-hetero) is 2. The molecule has 4 saturated carbocycles. The highest BCUT2D eigenvalue weighted by Gasteiger charge is 2.72. The highest BCUT2D eigenvalue weighted by atomic mass is 16.7. The Hall–Kier alpha value is -1.16. The Labute approximate surface area is 264 Å². The SMILES string of the molecule is CC(C)=CCC[C@](C)(O[C@@H]1OC(CO)[C@@H](O)C(O)C1O)C1CC[C@]2(C)C1C(=O)CC1[C@@]3(C)CCC(=O)C(C)(C)C3CC[C@]12C. The van der Waals surface area contributed by atoms with Gasteiger partial charge in [-0.25, -0.2) is 0 Å². The summed E-state index contributed by atoms with van der Waals surface area (Å²) in [5.74, 6) is 0.739. The summed E-state index contributed by atoms with van der Waals surface area (Å²) in [6.45, 7) is 16.9. The van der Waals surface area contributed by atoms with Crippen LogP contribution < -0.4 is 0 Å². The zero-order valence-corrected chi connectivity index (χ0v) is 28.3. The van der Waals surface area contributed by atoms with E-state index in [4.69, 9.17) is 9.47 Å². The second-order valence-corrected chi connectivity index (χ2v) is 16.9. The topological polar surface area (TPSA) is 134 Å². The number of hydrogen-bond acceptors (Lipinski definition) is 8. The van der Waals surface area contributed by atoms with Crippen molar-refractivity contribution in [3.8, 4) is 0 Å². The third kappa shape index (κ3) is 5.00. The Morgan fingerprint density at radius 1 is 0.955 bits per heavy atom. The van der Waals surface area contributed by atoms with Gasteiger partial charge in [-0.05, 0) is 99.7 Å². The largest absolute Gasteiger partial charge is 0.394 e. The highest BCUT2D eigenvalue weighted by molar-refractivity contribution is 5.86. The van der Waals surface area contributed by atoms with E-state index in [0.29, 0.717) is 31.5 Å². The van der Waals surface area contributed by atoms with Crippen molar-refractivity contribution in [1.29, 1.82) is 0 Å². The lowest BCUT2D eigenvalue weighted by Crippen LogP contribution is -2.66. The van der Waals surface area contributed by atoms with Crippen molar-refractivity contribution in [2.75, 3.05) is 6.61 Å². The van der Waals surface area contributed by atoms with Gasteiger partial charge in [0.15, 0.2) is 6.29 Å². The maximum atomic E-state index is 14.6. The van der Waals surface area contributed by atoms with Crippen molar-refractivity contribution in [3.05, 3.63) is 11.6 Å². The first-order valence-electron chi connectivity index (χ1n) is 17.0. The van der Waals surface area contributed by atoms with Crippen LogP contribution in [0, 0.1) is 45.3 Å². The summed E-state index contributed by atoms with van der Waals surface area (Å²) in [4.78, 5) is 27.6. The second kappa shape index (κ2) is 11.5. The van der Waals surface area contributed by atoms with E-state index in [0.717, 1.165) is 32.1 Å². The standard InChI is InChI=1S/C36H58O8/c1-20(2)10-9-14-36(8,44-31-30(42)29(41)28(40)23(19-37)43-31)21-11-16-35(7)27(21)22(38)18-25-33(5)15-13-26(39)32(3,4)24(33)12-17-34(25,35)6/h10,21,23-25,27-31,37,40-42H,9,11-19H2,1-8H3/t21?,23?,24?,25?,27?,28-,29?,30?,31+,33+,34-,35-,36+/m1/s1. The number of ketones is 2. The van der Waals surface area contributed by atoms with E-state index in [1.54, 1.807) is 0 Å². The molecule has 0 bridgehead atoms. The van der Waals surface area contributed by atoms with Gasteiger partial charge in [-0.1, -0.05) is 46.3 Å². The number of allylic oxidation sites excluding steroid dienone is 2. The molecule has 5 rings (SSSR count). The molecule has 0 aromatic heterocycles. The maximum Gasteiger partial charge on any atom is 0.187 e. The highest BCUT2D eigenvalue weighted by Crippen LogP contribution is 2.75. The minimum absolute atomic E-state index is 0.0774. The third-order valence-electron chi connectivity index (χ3n) is 14.1. The first-order chi connectivity index (χ1) is 20.4. The number of hydrogen-bond donors (Lipinski definition) is 4. The fourth-order valence-corrected chi connectivity index (χ4v) is 11.3. The summed E-state index contributed by atoms with van der Waals surface area (Å²) in [6.07, 6.45) is 2.24.